The lowest BCUT2D eigenvalue weighted by Gasteiger charge is -2.16. The fourth-order valence-corrected chi connectivity index (χ4v) is 1.62. The smallest absolute Gasteiger partial charge is 0.222 e. The normalized spacial score (nSPS) is 10.7. The van der Waals surface area contributed by atoms with E-state index in [9.17, 15) is 0 Å². The van der Waals surface area contributed by atoms with Crippen molar-refractivity contribution in [1.29, 1.82) is 0 Å². The van der Waals surface area contributed by atoms with E-state index in [1.54, 1.807) is 7.11 Å². The van der Waals surface area contributed by atoms with Gasteiger partial charge in [-0.3, -0.25) is 0 Å². The molecule has 1 N–H and O–H groups in total. The van der Waals surface area contributed by atoms with Gasteiger partial charge in [0.1, 0.15) is 18.8 Å². The minimum Gasteiger partial charge on any atom is -0.475 e. The Labute approximate surface area is 109 Å². The zero-order valence-electron chi connectivity index (χ0n) is 11.7. The number of ether oxygens (including phenoxy) is 2. The Morgan fingerprint density at radius 2 is 2.06 bits per heavy atom. The van der Waals surface area contributed by atoms with Gasteiger partial charge < -0.3 is 14.8 Å². The summed E-state index contributed by atoms with van der Waals surface area (Å²) in [4.78, 5) is 8.50. The van der Waals surface area contributed by atoms with Gasteiger partial charge in [0.15, 0.2) is 0 Å². The standard InChI is InChI=1S/C13H23N3O2/c1-5-6-14-12-11(10(2)3)13(16-9-15-12)18-8-7-17-4/h9-10H,5-8H2,1-4H3,(H,14,15,16). The molecule has 0 aliphatic heterocycles. The van der Waals surface area contributed by atoms with Crippen LogP contribution in [0.2, 0.25) is 0 Å². The number of aromatic nitrogens is 2. The summed E-state index contributed by atoms with van der Waals surface area (Å²) < 4.78 is 10.6. The van der Waals surface area contributed by atoms with E-state index in [0.29, 0.717) is 25.0 Å². The molecule has 1 heterocycles. The molecule has 0 atom stereocenters. The first-order chi connectivity index (χ1) is 8.70. The minimum atomic E-state index is 0.308. The van der Waals surface area contributed by atoms with Crippen LogP contribution in [0.4, 0.5) is 5.82 Å². The van der Waals surface area contributed by atoms with Crippen LogP contribution in [-0.4, -0.2) is 36.8 Å². The van der Waals surface area contributed by atoms with Crippen molar-refractivity contribution in [2.24, 2.45) is 0 Å². The Bertz CT molecular complexity index is 356. The predicted octanol–water partition coefficient (Wildman–Crippen LogP) is 2.45. The van der Waals surface area contributed by atoms with Crippen LogP contribution in [0, 0.1) is 0 Å². The van der Waals surface area contributed by atoms with E-state index in [4.69, 9.17) is 9.47 Å². The van der Waals surface area contributed by atoms with Crippen LogP contribution >= 0.6 is 0 Å². The lowest BCUT2D eigenvalue weighted by atomic mass is 10.1. The average molecular weight is 253 g/mol. The number of nitrogens with one attached hydrogen (secondary N) is 1. The quantitative estimate of drug-likeness (QED) is 0.721. The molecule has 5 heteroatoms. The number of hydrogen-bond donors (Lipinski definition) is 1. The summed E-state index contributed by atoms with van der Waals surface area (Å²) in [6.45, 7) is 8.30. The third kappa shape index (κ3) is 4.14. The van der Waals surface area contributed by atoms with Crippen LogP contribution < -0.4 is 10.1 Å². The molecule has 0 fully saturated rings. The van der Waals surface area contributed by atoms with Gasteiger partial charge in [-0.25, -0.2) is 9.97 Å². The summed E-state index contributed by atoms with van der Waals surface area (Å²) in [5, 5.41) is 3.31. The van der Waals surface area contributed by atoms with Crippen LogP contribution in [0.3, 0.4) is 0 Å². The number of nitrogens with zero attached hydrogens (tertiary/aromatic N) is 2. The second-order valence-corrected chi connectivity index (χ2v) is 4.36. The van der Waals surface area contributed by atoms with Gasteiger partial charge in [0.25, 0.3) is 0 Å². The van der Waals surface area contributed by atoms with Gasteiger partial charge in [0.05, 0.1) is 12.2 Å². The maximum absolute atomic E-state index is 5.64. The summed E-state index contributed by atoms with van der Waals surface area (Å²) in [5.41, 5.74) is 1.03. The molecule has 0 saturated carbocycles. The largest absolute Gasteiger partial charge is 0.475 e. The van der Waals surface area contributed by atoms with Gasteiger partial charge in [0.2, 0.25) is 5.88 Å². The molecule has 0 aliphatic rings. The third-order valence-corrected chi connectivity index (χ3v) is 2.49. The van der Waals surface area contributed by atoms with Crippen molar-refractivity contribution < 1.29 is 9.47 Å². The highest BCUT2D eigenvalue weighted by molar-refractivity contribution is 5.50. The Kier molecular flexibility index (Phi) is 6.43. The van der Waals surface area contributed by atoms with Crippen LogP contribution in [0.5, 0.6) is 5.88 Å². The van der Waals surface area contributed by atoms with Crippen LogP contribution in [0.15, 0.2) is 6.33 Å². The molecule has 102 valence electrons. The molecule has 1 aromatic heterocycles. The van der Waals surface area contributed by atoms with Gasteiger partial charge >= 0.3 is 0 Å². The maximum atomic E-state index is 5.64. The Balaban J connectivity index is 2.87. The highest BCUT2D eigenvalue weighted by Gasteiger charge is 2.15. The lowest BCUT2D eigenvalue weighted by Crippen LogP contribution is -2.12. The lowest BCUT2D eigenvalue weighted by molar-refractivity contribution is 0.143. The molecule has 0 bridgehead atoms. The van der Waals surface area contributed by atoms with Gasteiger partial charge in [-0.2, -0.15) is 0 Å². The van der Waals surface area contributed by atoms with E-state index in [-0.39, 0.29) is 0 Å². The molecule has 0 spiro atoms. The van der Waals surface area contributed by atoms with Crippen LogP contribution in [0.25, 0.3) is 0 Å². The third-order valence-electron chi connectivity index (χ3n) is 2.49. The molecule has 1 aromatic rings. The molecule has 0 aromatic carbocycles. The predicted molar refractivity (Wildman–Crippen MR) is 72.3 cm³/mol. The molecule has 1 rings (SSSR count). The van der Waals surface area contributed by atoms with Crippen molar-refractivity contribution in [2.75, 3.05) is 32.2 Å². The number of rotatable bonds is 8. The summed E-state index contributed by atoms with van der Waals surface area (Å²) >= 11 is 0. The van der Waals surface area contributed by atoms with E-state index in [1.165, 1.54) is 6.33 Å². The van der Waals surface area contributed by atoms with Crippen molar-refractivity contribution in [2.45, 2.75) is 33.1 Å². The van der Waals surface area contributed by atoms with Gasteiger partial charge in [0, 0.05) is 13.7 Å². The van der Waals surface area contributed by atoms with Crippen LogP contribution in [-0.2, 0) is 4.74 Å². The molecule has 0 radical (unpaired) electrons. The fraction of sp³-hybridized carbons (Fsp3) is 0.692. The van der Waals surface area contributed by atoms with Crippen molar-refractivity contribution in [3.05, 3.63) is 11.9 Å². The highest BCUT2D eigenvalue weighted by Crippen LogP contribution is 2.29. The van der Waals surface area contributed by atoms with E-state index in [1.807, 2.05) is 0 Å². The fourth-order valence-electron chi connectivity index (χ4n) is 1.62. The van der Waals surface area contributed by atoms with E-state index < -0.39 is 0 Å². The maximum Gasteiger partial charge on any atom is 0.222 e. The average Bonchev–Trinajstić information content (AvgIpc) is 2.36. The summed E-state index contributed by atoms with van der Waals surface area (Å²) in [6, 6.07) is 0. The Morgan fingerprint density at radius 1 is 1.28 bits per heavy atom. The molecule has 5 nitrogen and oxygen atoms in total. The van der Waals surface area contributed by atoms with Crippen molar-refractivity contribution in [1.82, 2.24) is 9.97 Å². The number of hydrogen-bond acceptors (Lipinski definition) is 5. The Hall–Kier alpha value is -1.36. The van der Waals surface area contributed by atoms with Crippen molar-refractivity contribution in [3.63, 3.8) is 0 Å². The molecular weight excluding hydrogens is 230 g/mol. The molecule has 0 aliphatic carbocycles. The molecular formula is C13H23N3O2. The molecule has 0 unspecified atom stereocenters. The molecule has 0 amide bonds. The number of methoxy groups -OCH3 is 1. The van der Waals surface area contributed by atoms with E-state index in [2.05, 4.69) is 36.1 Å². The van der Waals surface area contributed by atoms with Gasteiger partial charge in [-0.1, -0.05) is 20.8 Å². The van der Waals surface area contributed by atoms with E-state index >= 15 is 0 Å². The molecule has 18 heavy (non-hydrogen) atoms. The first-order valence-corrected chi connectivity index (χ1v) is 6.41. The van der Waals surface area contributed by atoms with Gasteiger partial charge in [-0.05, 0) is 12.3 Å². The first kappa shape index (κ1) is 14.7. The topological polar surface area (TPSA) is 56.3 Å². The zero-order valence-corrected chi connectivity index (χ0v) is 11.7. The van der Waals surface area contributed by atoms with Crippen molar-refractivity contribution in [3.8, 4) is 5.88 Å². The SMILES string of the molecule is CCCNc1ncnc(OCCOC)c1C(C)C. The van der Waals surface area contributed by atoms with Crippen molar-refractivity contribution >= 4 is 5.82 Å². The minimum absolute atomic E-state index is 0.308. The summed E-state index contributed by atoms with van der Waals surface area (Å²) in [7, 11) is 1.65. The zero-order chi connectivity index (χ0) is 13.4. The summed E-state index contributed by atoms with van der Waals surface area (Å²) in [6.07, 6.45) is 2.59. The van der Waals surface area contributed by atoms with E-state index in [0.717, 1.165) is 24.3 Å². The highest BCUT2D eigenvalue weighted by atomic mass is 16.5. The number of anilines is 1. The Morgan fingerprint density at radius 3 is 2.67 bits per heavy atom. The van der Waals surface area contributed by atoms with Crippen LogP contribution in [0.1, 0.15) is 38.7 Å². The molecule has 0 saturated heterocycles. The second kappa shape index (κ2) is 7.87. The van der Waals surface area contributed by atoms with Gasteiger partial charge in [-0.15, -0.1) is 0 Å². The second-order valence-electron chi connectivity index (χ2n) is 4.36. The monoisotopic (exact) mass is 253 g/mol. The summed E-state index contributed by atoms with van der Waals surface area (Å²) in [5.74, 6) is 1.83. The first-order valence-electron chi connectivity index (χ1n) is 6.41.